The summed E-state index contributed by atoms with van der Waals surface area (Å²) in [5.41, 5.74) is 6.22. The van der Waals surface area contributed by atoms with Gasteiger partial charge in [-0.3, -0.25) is 0 Å². The third kappa shape index (κ3) is 4.09. The lowest BCUT2D eigenvalue weighted by Gasteiger charge is -2.30. The quantitative estimate of drug-likeness (QED) is 0.809. The first kappa shape index (κ1) is 15.1. The van der Waals surface area contributed by atoms with Gasteiger partial charge in [0.2, 0.25) is 10.0 Å². The number of nitrogens with two attached hydrogens (primary N) is 1. The molecule has 1 aliphatic rings. The van der Waals surface area contributed by atoms with Crippen molar-refractivity contribution in [3.05, 3.63) is 24.3 Å². The van der Waals surface area contributed by atoms with Crippen LogP contribution in [0.5, 0.6) is 5.75 Å². The van der Waals surface area contributed by atoms with Gasteiger partial charge in [-0.1, -0.05) is 6.07 Å². The Bertz CT molecular complexity index is 547. The number of anilines is 1. The number of hydrogen-bond acceptors (Lipinski definition) is 5. The van der Waals surface area contributed by atoms with Crippen molar-refractivity contribution >= 4 is 15.7 Å². The molecule has 0 radical (unpaired) electrons. The predicted molar refractivity (Wildman–Crippen MR) is 77.1 cm³/mol. The van der Waals surface area contributed by atoms with Crippen molar-refractivity contribution in [1.82, 2.24) is 4.31 Å². The first-order valence-corrected chi connectivity index (χ1v) is 8.16. The molecular formula is C13H20N2O4S. The second kappa shape index (κ2) is 6.43. The largest absolute Gasteiger partial charge is 0.492 e. The Labute approximate surface area is 119 Å². The summed E-state index contributed by atoms with van der Waals surface area (Å²) >= 11 is 0. The number of hydrogen-bond donors (Lipinski definition) is 1. The lowest BCUT2D eigenvalue weighted by molar-refractivity contribution is 0.0101. The number of sulfonamides is 1. The zero-order chi connectivity index (χ0) is 14.6. The van der Waals surface area contributed by atoms with Gasteiger partial charge in [-0.15, -0.1) is 0 Å². The van der Waals surface area contributed by atoms with Crippen LogP contribution in [-0.4, -0.2) is 50.9 Å². The molecule has 2 N–H and O–H groups in total. The van der Waals surface area contributed by atoms with Crippen molar-refractivity contribution in [2.24, 2.45) is 0 Å². The number of nitrogens with zero attached hydrogens (tertiary/aromatic N) is 1. The summed E-state index contributed by atoms with van der Waals surface area (Å²) in [6.45, 7) is 3.23. The summed E-state index contributed by atoms with van der Waals surface area (Å²) in [6, 6.07) is 6.94. The Morgan fingerprint density at radius 1 is 1.50 bits per heavy atom. The summed E-state index contributed by atoms with van der Waals surface area (Å²) < 4.78 is 36.5. The SMILES string of the molecule is CC1CN(S(=O)(=O)CCOc2cccc(N)c2)CCO1. The monoisotopic (exact) mass is 300 g/mol. The highest BCUT2D eigenvalue weighted by Crippen LogP contribution is 2.15. The first-order valence-electron chi connectivity index (χ1n) is 6.55. The average Bonchev–Trinajstić information content (AvgIpc) is 2.38. The molecule has 0 aromatic heterocycles. The molecule has 0 saturated carbocycles. The normalized spacial score (nSPS) is 20.8. The maximum absolute atomic E-state index is 12.2. The Hall–Kier alpha value is -1.31. The van der Waals surface area contributed by atoms with Crippen LogP contribution in [0.25, 0.3) is 0 Å². The molecule has 1 aliphatic heterocycles. The van der Waals surface area contributed by atoms with Crippen LogP contribution in [-0.2, 0) is 14.8 Å². The number of ether oxygens (including phenoxy) is 2. The van der Waals surface area contributed by atoms with Crippen LogP contribution in [0.4, 0.5) is 5.69 Å². The molecule has 6 nitrogen and oxygen atoms in total. The van der Waals surface area contributed by atoms with E-state index >= 15 is 0 Å². The lowest BCUT2D eigenvalue weighted by atomic mass is 10.3. The van der Waals surface area contributed by atoms with E-state index in [9.17, 15) is 8.42 Å². The van der Waals surface area contributed by atoms with E-state index in [0.29, 0.717) is 31.1 Å². The van der Waals surface area contributed by atoms with Crippen molar-refractivity contribution in [3.8, 4) is 5.75 Å². The highest BCUT2D eigenvalue weighted by Gasteiger charge is 2.27. The fraction of sp³-hybridized carbons (Fsp3) is 0.538. The standard InChI is InChI=1S/C13H20N2O4S/c1-11-10-15(5-6-18-11)20(16,17)8-7-19-13-4-2-3-12(14)9-13/h2-4,9,11H,5-8,10,14H2,1H3. The predicted octanol–water partition coefficient (Wildman–Crippen LogP) is 0.698. The minimum atomic E-state index is -3.30. The van der Waals surface area contributed by atoms with E-state index in [0.717, 1.165) is 0 Å². The van der Waals surface area contributed by atoms with Gasteiger partial charge in [0.25, 0.3) is 0 Å². The number of morpholine rings is 1. The van der Waals surface area contributed by atoms with E-state index in [-0.39, 0.29) is 18.5 Å². The average molecular weight is 300 g/mol. The van der Waals surface area contributed by atoms with E-state index < -0.39 is 10.0 Å². The molecule has 1 aromatic rings. The summed E-state index contributed by atoms with van der Waals surface area (Å²) in [5, 5.41) is 0. The van der Waals surface area contributed by atoms with E-state index in [2.05, 4.69) is 0 Å². The van der Waals surface area contributed by atoms with Crippen molar-refractivity contribution in [2.75, 3.05) is 37.8 Å². The van der Waals surface area contributed by atoms with Gasteiger partial charge in [0, 0.05) is 24.8 Å². The van der Waals surface area contributed by atoms with Gasteiger partial charge in [-0.2, -0.15) is 4.31 Å². The van der Waals surface area contributed by atoms with Crippen LogP contribution in [0.2, 0.25) is 0 Å². The molecule has 1 atom stereocenters. The fourth-order valence-electron chi connectivity index (χ4n) is 2.04. The third-order valence-corrected chi connectivity index (χ3v) is 4.87. The number of nitrogen functional groups attached to an aromatic ring is 1. The van der Waals surface area contributed by atoms with E-state index in [1.165, 1.54) is 4.31 Å². The van der Waals surface area contributed by atoms with Crippen molar-refractivity contribution in [3.63, 3.8) is 0 Å². The summed E-state index contributed by atoms with van der Waals surface area (Å²) in [6.07, 6.45) is -0.0617. The second-order valence-electron chi connectivity index (χ2n) is 4.78. The van der Waals surface area contributed by atoms with Crippen LogP contribution in [0, 0.1) is 0 Å². The maximum atomic E-state index is 12.2. The topological polar surface area (TPSA) is 81.9 Å². The van der Waals surface area contributed by atoms with Gasteiger partial charge in [-0.25, -0.2) is 8.42 Å². The molecule has 1 unspecified atom stereocenters. The van der Waals surface area contributed by atoms with Gasteiger partial charge >= 0.3 is 0 Å². The van der Waals surface area contributed by atoms with Crippen LogP contribution in [0.1, 0.15) is 6.92 Å². The minimum Gasteiger partial charge on any atom is -0.492 e. The summed E-state index contributed by atoms with van der Waals surface area (Å²) in [7, 11) is -3.30. The molecule has 1 heterocycles. The second-order valence-corrected chi connectivity index (χ2v) is 6.86. The van der Waals surface area contributed by atoms with Gasteiger partial charge in [0.1, 0.15) is 12.4 Å². The maximum Gasteiger partial charge on any atom is 0.217 e. The summed E-state index contributed by atoms with van der Waals surface area (Å²) in [5.74, 6) is 0.532. The van der Waals surface area contributed by atoms with Gasteiger partial charge in [-0.05, 0) is 19.1 Å². The molecular weight excluding hydrogens is 280 g/mol. The molecule has 0 aliphatic carbocycles. The summed E-state index contributed by atoms with van der Waals surface area (Å²) in [4.78, 5) is 0. The highest BCUT2D eigenvalue weighted by molar-refractivity contribution is 7.89. The Balaban J connectivity index is 1.86. The highest BCUT2D eigenvalue weighted by atomic mass is 32.2. The van der Waals surface area contributed by atoms with Crippen molar-refractivity contribution in [2.45, 2.75) is 13.0 Å². The van der Waals surface area contributed by atoms with Gasteiger partial charge in [0.05, 0.1) is 18.5 Å². The van der Waals surface area contributed by atoms with E-state index in [1.807, 2.05) is 6.92 Å². The molecule has 1 aromatic carbocycles. The van der Waals surface area contributed by atoms with E-state index in [1.54, 1.807) is 24.3 Å². The molecule has 2 rings (SSSR count). The number of rotatable bonds is 5. The molecule has 112 valence electrons. The molecule has 1 fully saturated rings. The van der Waals surface area contributed by atoms with Gasteiger partial charge in [0.15, 0.2) is 0 Å². The Morgan fingerprint density at radius 2 is 2.30 bits per heavy atom. The fourth-order valence-corrected chi connectivity index (χ4v) is 3.38. The lowest BCUT2D eigenvalue weighted by Crippen LogP contribution is -2.45. The molecule has 0 spiro atoms. The Morgan fingerprint density at radius 3 is 3.00 bits per heavy atom. The van der Waals surface area contributed by atoms with Crippen LogP contribution >= 0.6 is 0 Å². The van der Waals surface area contributed by atoms with Gasteiger partial charge < -0.3 is 15.2 Å². The van der Waals surface area contributed by atoms with Crippen molar-refractivity contribution in [1.29, 1.82) is 0 Å². The van der Waals surface area contributed by atoms with Crippen LogP contribution < -0.4 is 10.5 Å². The molecule has 0 bridgehead atoms. The molecule has 1 saturated heterocycles. The zero-order valence-corrected chi connectivity index (χ0v) is 12.3. The first-order chi connectivity index (χ1) is 9.47. The van der Waals surface area contributed by atoms with Crippen LogP contribution in [0.15, 0.2) is 24.3 Å². The third-order valence-electron chi connectivity index (χ3n) is 3.07. The molecule has 0 amide bonds. The minimum absolute atomic E-state index is 0.0471. The zero-order valence-electron chi connectivity index (χ0n) is 11.5. The smallest absolute Gasteiger partial charge is 0.217 e. The number of benzene rings is 1. The van der Waals surface area contributed by atoms with Crippen LogP contribution in [0.3, 0.4) is 0 Å². The van der Waals surface area contributed by atoms with Crippen molar-refractivity contribution < 1.29 is 17.9 Å². The van der Waals surface area contributed by atoms with E-state index in [4.69, 9.17) is 15.2 Å². The molecule has 7 heteroatoms. The molecule has 20 heavy (non-hydrogen) atoms. The Kier molecular flexibility index (Phi) is 4.85.